The number of rotatable bonds is 5. The molecule has 17 heavy (non-hydrogen) atoms. The molecule has 0 aliphatic carbocycles. The molecule has 0 aliphatic rings. The predicted molar refractivity (Wildman–Crippen MR) is 67.3 cm³/mol. The van der Waals surface area contributed by atoms with Crippen molar-refractivity contribution in [2.45, 2.75) is 25.9 Å². The van der Waals surface area contributed by atoms with Crippen molar-refractivity contribution >= 4 is 11.6 Å². The van der Waals surface area contributed by atoms with E-state index < -0.39 is 6.10 Å². The minimum atomic E-state index is -0.447. The fourth-order valence-electron chi connectivity index (χ4n) is 1.46. The summed E-state index contributed by atoms with van der Waals surface area (Å²) in [5, 5.41) is 9.15. The Kier molecular flexibility index (Phi) is 4.97. The predicted octanol–water partition coefficient (Wildman–Crippen LogP) is 1.82. The van der Waals surface area contributed by atoms with Crippen LogP contribution in [0.4, 0.5) is 5.69 Å². The summed E-state index contributed by atoms with van der Waals surface area (Å²) in [6.45, 7) is 1.68. The Bertz CT molecular complexity index is 377. The van der Waals surface area contributed by atoms with Gasteiger partial charge < -0.3 is 14.7 Å². The largest absolute Gasteiger partial charge is 0.497 e. The highest BCUT2D eigenvalue weighted by atomic mass is 16.5. The van der Waals surface area contributed by atoms with E-state index in [1.165, 1.54) is 0 Å². The fraction of sp³-hybridized carbons (Fsp3) is 0.462. The van der Waals surface area contributed by atoms with E-state index >= 15 is 0 Å². The minimum absolute atomic E-state index is 0.0147. The molecule has 1 unspecified atom stereocenters. The highest BCUT2D eigenvalue weighted by Gasteiger charge is 2.12. The van der Waals surface area contributed by atoms with Crippen molar-refractivity contribution in [2.75, 3.05) is 19.1 Å². The van der Waals surface area contributed by atoms with Gasteiger partial charge in [0.1, 0.15) is 5.75 Å². The number of hydrogen-bond donors (Lipinski definition) is 1. The van der Waals surface area contributed by atoms with Gasteiger partial charge in [0.2, 0.25) is 5.91 Å². The number of carbonyl (C=O) groups excluding carboxylic acids is 1. The molecule has 0 fully saturated rings. The van der Waals surface area contributed by atoms with E-state index in [0.29, 0.717) is 12.8 Å². The summed E-state index contributed by atoms with van der Waals surface area (Å²) < 4.78 is 5.10. The molecule has 4 nitrogen and oxygen atoms in total. The van der Waals surface area contributed by atoms with Crippen LogP contribution in [0.15, 0.2) is 24.3 Å². The molecule has 1 aromatic carbocycles. The molecule has 1 aromatic rings. The summed E-state index contributed by atoms with van der Waals surface area (Å²) in [6, 6.07) is 7.33. The Hall–Kier alpha value is -1.55. The SMILES string of the molecule is COc1cccc(N(C)C(=O)CCC(C)O)c1. The van der Waals surface area contributed by atoms with Gasteiger partial charge in [0.25, 0.3) is 0 Å². The van der Waals surface area contributed by atoms with E-state index in [1.807, 2.05) is 18.2 Å². The zero-order chi connectivity index (χ0) is 12.8. The Labute approximate surface area is 102 Å². The number of methoxy groups -OCH3 is 1. The van der Waals surface area contributed by atoms with Gasteiger partial charge in [0.15, 0.2) is 0 Å². The highest BCUT2D eigenvalue weighted by molar-refractivity contribution is 5.92. The van der Waals surface area contributed by atoms with Crippen LogP contribution in [0.1, 0.15) is 19.8 Å². The molecule has 1 rings (SSSR count). The van der Waals surface area contributed by atoms with Crippen LogP contribution in [-0.2, 0) is 4.79 Å². The fourth-order valence-corrected chi connectivity index (χ4v) is 1.46. The zero-order valence-corrected chi connectivity index (χ0v) is 10.5. The first-order valence-corrected chi connectivity index (χ1v) is 5.63. The monoisotopic (exact) mass is 237 g/mol. The van der Waals surface area contributed by atoms with E-state index in [-0.39, 0.29) is 5.91 Å². The van der Waals surface area contributed by atoms with Crippen LogP contribution in [0.5, 0.6) is 5.75 Å². The summed E-state index contributed by atoms with van der Waals surface area (Å²) in [5.41, 5.74) is 0.792. The van der Waals surface area contributed by atoms with Crippen molar-refractivity contribution in [3.63, 3.8) is 0 Å². The molecule has 1 atom stereocenters. The van der Waals surface area contributed by atoms with Gasteiger partial charge in [-0.25, -0.2) is 0 Å². The second-order valence-corrected chi connectivity index (χ2v) is 4.04. The lowest BCUT2D eigenvalue weighted by atomic mass is 10.2. The molecule has 94 valence electrons. The molecule has 0 radical (unpaired) electrons. The number of carbonyl (C=O) groups is 1. The number of hydrogen-bond acceptors (Lipinski definition) is 3. The first-order chi connectivity index (χ1) is 8.04. The smallest absolute Gasteiger partial charge is 0.226 e. The molecule has 1 N–H and O–H groups in total. The van der Waals surface area contributed by atoms with Gasteiger partial charge >= 0.3 is 0 Å². The molecule has 0 heterocycles. The third-order valence-corrected chi connectivity index (χ3v) is 2.59. The molecule has 0 aromatic heterocycles. The van der Waals surface area contributed by atoms with Crippen LogP contribution in [0.25, 0.3) is 0 Å². The molecule has 0 saturated heterocycles. The summed E-state index contributed by atoms with van der Waals surface area (Å²) in [5.74, 6) is 0.705. The van der Waals surface area contributed by atoms with Crippen LogP contribution in [0.2, 0.25) is 0 Å². The van der Waals surface area contributed by atoms with E-state index in [9.17, 15) is 4.79 Å². The number of benzene rings is 1. The van der Waals surface area contributed by atoms with Crippen molar-refractivity contribution in [1.29, 1.82) is 0 Å². The second-order valence-electron chi connectivity index (χ2n) is 4.04. The number of nitrogens with zero attached hydrogens (tertiary/aromatic N) is 1. The van der Waals surface area contributed by atoms with Gasteiger partial charge in [-0.05, 0) is 25.5 Å². The van der Waals surface area contributed by atoms with Gasteiger partial charge in [-0.3, -0.25) is 4.79 Å². The summed E-state index contributed by atoms with van der Waals surface area (Å²) in [4.78, 5) is 13.4. The Morgan fingerprint density at radius 1 is 1.53 bits per heavy atom. The lowest BCUT2D eigenvalue weighted by molar-refractivity contribution is -0.118. The first-order valence-electron chi connectivity index (χ1n) is 5.63. The van der Waals surface area contributed by atoms with E-state index in [0.717, 1.165) is 11.4 Å². The molecule has 0 bridgehead atoms. The highest BCUT2D eigenvalue weighted by Crippen LogP contribution is 2.20. The topological polar surface area (TPSA) is 49.8 Å². The van der Waals surface area contributed by atoms with Gasteiger partial charge in [0, 0.05) is 25.2 Å². The molecule has 0 aliphatic heterocycles. The van der Waals surface area contributed by atoms with Crippen LogP contribution in [-0.4, -0.2) is 31.3 Å². The maximum atomic E-state index is 11.8. The lowest BCUT2D eigenvalue weighted by Crippen LogP contribution is -2.26. The number of ether oxygens (including phenoxy) is 1. The number of aliphatic hydroxyl groups is 1. The van der Waals surface area contributed by atoms with Gasteiger partial charge in [-0.2, -0.15) is 0 Å². The van der Waals surface area contributed by atoms with Crippen molar-refractivity contribution in [1.82, 2.24) is 0 Å². The summed E-state index contributed by atoms with van der Waals surface area (Å²) in [6.07, 6.45) is 0.371. The van der Waals surface area contributed by atoms with Gasteiger partial charge in [-0.15, -0.1) is 0 Å². The number of aliphatic hydroxyl groups excluding tert-OH is 1. The van der Waals surface area contributed by atoms with Crippen molar-refractivity contribution in [3.8, 4) is 5.75 Å². The molecule has 4 heteroatoms. The number of anilines is 1. The Balaban J connectivity index is 2.67. The molecule has 0 saturated carbocycles. The molecule has 0 spiro atoms. The van der Waals surface area contributed by atoms with E-state index in [1.54, 1.807) is 32.0 Å². The minimum Gasteiger partial charge on any atom is -0.497 e. The lowest BCUT2D eigenvalue weighted by Gasteiger charge is -2.18. The summed E-state index contributed by atoms with van der Waals surface area (Å²) in [7, 11) is 3.31. The molecule has 1 amide bonds. The first kappa shape index (κ1) is 13.5. The third kappa shape index (κ3) is 4.07. The van der Waals surface area contributed by atoms with Gasteiger partial charge in [-0.1, -0.05) is 6.07 Å². The van der Waals surface area contributed by atoms with E-state index in [4.69, 9.17) is 9.84 Å². The van der Waals surface area contributed by atoms with Crippen molar-refractivity contribution in [2.24, 2.45) is 0 Å². The van der Waals surface area contributed by atoms with Crippen LogP contribution < -0.4 is 9.64 Å². The van der Waals surface area contributed by atoms with Crippen LogP contribution >= 0.6 is 0 Å². The second kappa shape index (κ2) is 6.25. The Morgan fingerprint density at radius 3 is 2.82 bits per heavy atom. The van der Waals surface area contributed by atoms with E-state index in [2.05, 4.69) is 0 Å². The normalized spacial score (nSPS) is 12.0. The standard InChI is InChI=1S/C13H19NO3/c1-10(15)7-8-13(16)14(2)11-5-4-6-12(9-11)17-3/h4-6,9-10,15H,7-8H2,1-3H3. The third-order valence-electron chi connectivity index (χ3n) is 2.59. The average Bonchev–Trinajstić information content (AvgIpc) is 2.35. The summed E-state index contributed by atoms with van der Waals surface area (Å²) >= 11 is 0. The van der Waals surface area contributed by atoms with Crippen molar-refractivity contribution in [3.05, 3.63) is 24.3 Å². The zero-order valence-electron chi connectivity index (χ0n) is 10.5. The molecular weight excluding hydrogens is 218 g/mol. The Morgan fingerprint density at radius 2 is 2.24 bits per heavy atom. The van der Waals surface area contributed by atoms with Gasteiger partial charge in [0.05, 0.1) is 13.2 Å². The maximum absolute atomic E-state index is 11.8. The van der Waals surface area contributed by atoms with Crippen LogP contribution in [0.3, 0.4) is 0 Å². The average molecular weight is 237 g/mol. The quantitative estimate of drug-likeness (QED) is 0.849. The maximum Gasteiger partial charge on any atom is 0.226 e. The molecular formula is C13H19NO3. The van der Waals surface area contributed by atoms with Crippen molar-refractivity contribution < 1.29 is 14.6 Å². The number of amides is 1. The van der Waals surface area contributed by atoms with Crippen LogP contribution in [0, 0.1) is 0 Å².